The molecule has 0 spiro atoms. The number of anilines is 1. The van der Waals surface area contributed by atoms with Crippen LogP contribution in [0.3, 0.4) is 0 Å². The summed E-state index contributed by atoms with van der Waals surface area (Å²) in [6.07, 6.45) is 6.93. The number of rotatable bonds is 5. The van der Waals surface area contributed by atoms with Crippen LogP contribution in [0.1, 0.15) is 65.7 Å². The van der Waals surface area contributed by atoms with E-state index in [0.717, 1.165) is 32.1 Å². The number of hydrogen-bond donors (Lipinski definition) is 2. The molecule has 7 heteroatoms. The van der Waals surface area contributed by atoms with E-state index in [-0.39, 0.29) is 23.8 Å². The minimum atomic E-state index is -0.457. The smallest absolute Gasteiger partial charge is 0.255 e. The second-order valence-corrected chi connectivity index (χ2v) is 8.54. The van der Waals surface area contributed by atoms with Crippen molar-refractivity contribution in [3.8, 4) is 0 Å². The number of benzene rings is 2. The zero-order chi connectivity index (χ0) is 22.5. The van der Waals surface area contributed by atoms with Crippen LogP contribution >= 0.6 is 0 Å². The molecule has 1 unspecified atom stereocenters. The van der Waals surface area contributed by atoms with Crippen LogP contribution in [0, 0.1) is 5.82 Å². The summed E-state index contributed by atoms with van der Waals surface area (Å²) >= 11 is 0. The molecule has 1 heterocycles. The Morgan fingerprint density at radius 2 is 1.62 bits per heavy atom. The Morgan fingerprint density at radius 3 is 2.38 bits per heavy atom. The molecule has 168 valence electrons. The molecule has 1 aliphatic heterocycles. The third-order valence-electron chi connectivity index (χ3n) is 6.24. The van der Waals surface area contributed by atoms with Gasteiger partial charge in [0.1, 0.15) is 11.9 Å². The number of nitrogens with one attached hydrogen (secondary N) is 2. The van der Waals surface area contributed by atoms with Gasteiger partial charge in [-0.1, -0.05) is 25.3 Å². The first-order valence-corrected chi connectivity index (χ1v) is 11.3. The Balaban J connectivity index is 1.42. The van der Waals surface area contributed by atoms with Crippen LogP contribution in [0.5, 0.6) is 0 Å². The standard InChI is InChI=1S/C25H28FN3O3/c26-19-13-11-17(12-14-19)23(30)28-21-9-4-6-18(16-21)25(32)29-15-5-10-22(29)24(31)27-20-7-2-1-3-8-20/h4,6,9,11-14,16,20,22H,1-3,5,7-8,10,15H2,(H,27,31)(H,28,30). The van der Waals surface area contributed by atoms with E-state index in [2.05, 4.69) is 10.6 Å². The van der Waals surface area contributed by atoms with Crippen molar-refractivity contribution in [2.45, 2.75) is 57.0 Å². The molecular formula is C25H28FN3O3. The Labute approximate surface area is 187 Å². The lowest BCUT2D eigenvalue weighted by Gasteiger charge is -2.28. The number of amides is 3. The van der Waals surface area contributed by atoms with Crippen molar-refractivity contribution in [1.82, 2.24) is 10.2 Å². The summed E-state index contributed by atoms with van der Waals surface area (Å²) in [6, 6.07) is 11.7. The van der Waals surface area contributed by atoms with Crippen molar-refractivity contribution in [3.05, 3.63) is 65.5 Å². The lowest BCUT2D eigenvalue weighted by atomic mass is 9.95. The average molecular weight is 438 g/mol. The van der Waals surface area contributed by atoms with Crippen LogP contribution in [0.4, 0.5) is 10.1 Å². The summed E-state index contributed by atoms with van der Waals surface area (Å²) in [6.45, 7) is 0.535. The molecule has 2 aliphatic rings. The third-order valence-corrected chi connectivity index (χ3v) is 6.24. The zero-order valence-corrected chi connectivity index (χ0v) is 18.0. The molecule has 1 aliphatic carbocycles. The van der Waals surface area contributed by atoms with Gasteiger partial charge in [0.2, 0.25) is 5.91 Å². The predicted octanol–water partition coefficient (Wildman–Crippen LogP) is 4.13. The van der Waals surface area contributed by atoms with Gasteiger partial charge >= 0.3 is 0 Å². The van der Waals surface area contributed by atoms with Gasteiger partial charge in [0, 0.05) is 29.4 Å². The van der Waals surface area contributed by atoms with E-state index >= 15 is 0 Å². The molecule has 6 nitrogen and oxygen atoms in total. The Morgan fingerprint density at radius 1 is 0.875 bits per heavy atom. The van der Waals surface area contributed by atoms with Crippen molar-refractivity contribution in [3.63, 3.8) is 0 Å². The molecule has 1 atom stereocenters. The lowest BCUT2D eigenvalue weighted by Crippen LogP contribution is -2.49. The average Bonchev–Trinajstić information content (AvgIpc) is 3.30. The normalized spacial score (nSPS) is 18.9. The molecular weight excluding hydrogens is 409 g/mol. The molecule has 2 aromatic carbocycles. The topological polar surface area (TPSA) is 78.5 Å². The first kappa shape index (κ1) is 22.0. The highest BCUT2D eigenvalue weighted by Gasteiger charge is 2.35. The number of halogens is 1. The Bertz CT molecular complexity index is 986. The molecule has 0 radical (unpaired) electrons. The van der Waals surface area contributed by atoms with Crippen LogP contribution in [-0.2, 0) is 4.79 Å². The second-order valence-electron chi connectivity index (χ2n) is 8.54. The van der Waals surface area contributed by atoms with E-state index < -0.39 is 11.9 Å². The summed E-state index contributed by atoms with van der Waals surface area (Å²) < 4.78 is 13.1. The first-order chi connectivity index (χ1) is 15.5. The van der Waals surface area contributed by atoms with Gasteiger partial charge in [-0.3, -0.25) is 14.4 Å². The molecule has 2 N–H and O–H groups in total. The molecule has 1 saturated carbocycles. The van der Waals surface area contributed by atoms with Crippen molar-refractivity contribution in [1.29, 1.82) is 0 Å². The molecule has 3 amide bonds. The second kappa shape index (κ2) is 9.94. The van der Waals surface area contributed by atoms with Gasteiger partial charge in [-0.2, -0.15) is 0 Å². The van der Waals surface area contributed by atoms with Crippen LogP contribution in [-0.4, -0.2) is 41.2 Å². The molecule has 0 bridgehead atoms. The van der Waals surface area contributed by atoms with Crippen molar-refractivity contribution < 1.29 is 18.8 Å². The molecule has 2 aromatic rings. The summed E-state index contributed by atoms with van der Waals surface area (Å²) in [5.41, 5.74) is 1.20. The number of carbonyl (C=O) groups is 3. The predicted molar refractivity (Wildman–Crippen MR) is 120 cm³/mol. The maximum Gasteiger partial charge on any atom is 0.255 e. The minimum Gasteiger partial charge on any atom is -0.352 e. The van der Waals surface area contributed by atoms with Crippen molar-refractivity contribution in [2.75, 3.05) is 11.9 Å². The van der Waals surface area contributed by atoms with E-state index in [1.807, 2.05) is 0 Å². The monoisotopic (exact) mass is 437 g/mol. The van der Waals surface area contributed by atoms with Gasteiger partial charge in [-0.15, -0.1) is 0 Å². The third kappa shape index (κ3) is 5.15. The maximum absolute atomic E-state index is 13.2. The Hall–Kier alpha value is -3.22. The quantitative estimate of drug-likeness (QED) is 0.738. The number of carbonyl (C=O) groups excluding carboxylic acids is 3. The highest BCUT2D eigenvalue weighted by molar-refractivity contribution is 6.05. The summed E-state index contributed by atoms with van der Waals surface area (Å²) in [5.74, 6) is -1.09. The molecule has 32 heavy (non-hydrogen) atoms. The zero-order valence-electron chi connectivity index (χ0n) is 18.0. The van der Waals surface area contributed by atoms with E-state index in [0.29, 0.717) is 29.8 Å². The lowest BCUT2D eigenvalue weighted by molar-refractivity contribution is -0.125. The van der Waals surface area contributed by atoms with E-state index in [9.17, 15) is 18.8 Å². The maximum atomic E-state index is 13.2. The largest absolute Gasteiger partial charge is 0.352 e. The fraction of sp³-hybridized carbons (Fsp3) is 0.400. The highest BCUT2D eigenvalue weighted by atomic mass is 19.1. The minimum absolute atomic E-state index is 0.0662. The summed E-state index contributed by atoms with van der Waals surface area (Å²) in [5, 5.41) is 5.88. The van der Waals surface area contributed by atoms with E-state index in [1.165, 1.54) is 30.7 Å². The van der Waals surface area contributed by atoms with Gasteiger partial charge in [0.25, 0.3) is 11.8 Å². The van der Waals surface area contributed by atoms with Gasteiger partial charge in [-0.25, -0.2) is 4.39 Å². The molecule has 2 fully saturated rings. The summed E-state index contributed by atoms with van der Waals surface area (Å²) in [4.78, 5) is 40.1. The highest BCUT2D eigenvalue weighted by Crippen LogP contribution is 2.24. The van der Waals surface area contributed by atoms with Crippen LogP contribution in [0.15, 0.2) is 48.5 Å². The molecule has 4 rings (SSSR count). The molecule has 1 saturated heterocycles. The number of nitrogens with zero attached hydrogens (tertiary/aromatic N) is 1. The summed E-state index contributed by atoms with van der Waals surface area (Å²) in [7, 11) is 0. The van der Waals surface area contributed by atoms with Gasteiger partial charge in [0.15, 0.2) is 0 Å². The first-order valence-electron chi connectivity index (χ1n) is 11.3. The fourth-order valence-corrected chi connectivity index (χ4v) is 4.53. The Kier molecular flexibility index (Phi) is 6.83. The van der Waals surface area contributed by atoms with Gasteiger partial charge < -0.3 is 15.5 Å². The van der Waals surface area contributed by atoms with Crippen molar-refractivity contribution in [2.24, 2.45) is 0 Å². The number of likely N-dealkylation sites (tertiary alicyclic amines) is 1. The van der Waals surface area contributed by atoms with Crippen LogP contribution in [0.2, 0.25) is 0 Å². The van der Waals surface area contributed by atoms with Gasteiger partial charge in [-0.05, 0) is 68.1 Å². The fourth-order valence-electron chi connectivity index (χ4n) is 4.53. The van der Waals surface area contributed by atoms with Gasteiger partial charge in [0.05, 0.1) is 0 Å². The van der Waals surface area contributed by atoms with E-state index in [1.54, 1.807) is 29.2 Å². The van der Waals surface area contributed by atoms with Crippen LogP contribution in [0.25, 0.3) is 0 Å². The SMILES string of the molecule is O=C(Nc1cccc(C(=O)N2CCCC2C(=O)NC2CCCCC2)c1)c1ccc(F)cc1. The molecule has 0 aromatic heterocycles. The van der Waals surface area contributed by atoms with Crippen molar-refractivity contribution >= 4 is 23.4 Å². The van der Waals surface area contributed by atoms with E-state index in [4.69, 9.17) is 0 Å². The van der Waals surface area contributed by atoms with Crippen LogP contribution < -0.4 is 10.6 Å². The number of hydrogen-bond acceptors (Lipinski definition) is 3.